The van der Waals surface area contributed by atoms with E-state index in [1.165, 1.54) is 0 Å². The minimum absolute atomic E-state index is 0.0508. The molecule has 3 atom stereocenters. The normalized spacial score (nSPS) is 15.9. The molecule has 0 saturated heterocycles. The molecule has 0 radical (unpaired) electrons. The van der Waals surface area contributed by atoms with Crippen molar-refractivity contribution in [3.05, 3.63) is 87.9 Å². The standard InChI is InChI=1S/C33H43ClN2O3S2Si/c1-31(2,3)41(38)36-29(24-14-10-11-16-26(24)34)28-19-22-13-12-15-25(30(22)40-28)27-20-23(17-18-35-27)33(7,37)21-39-42(8,9)32(4,5)6/h10-20,29,36-37H,21H2,1-9H3/t29-,33?,41?/m1/s1. The van der Waals surface area contributed by atoms with E-state index in [-0.39, 0.29) is 17.7 Å². The van der Waals surface area contributed by atoms with Gasteiger partial charge in [0.25, 0.3) is 0 Å². The molecule has 0 saturated carbocycles. The van der Waals surface area contributed by atoms with Crippen LogP contribution >= 0.6 is 22.9 Å². The predicted molar refractivity (Wildman–Crippen MR) is 182 cm³/mol. The van der Waals surface area contributed by atoms with Crippen molar-refractivity contribution in [2.45, 2.75) is 83.0 Å². The molecule has 4 rings (SSSR count). The summed E-state index contributed by atoms with van der Waals surface area (Å²) in [5.74, 6) is 0. The Balaban J connectivity index is 1.73. The molecule has 9 heteroatoms. The van der Waals surface area contributed by atoms with Gasteiger partial charge < -0.3 is 14.1 Å². The number of rotatable bonds is 9. The third kappa shape index (κ3) is 7.30. The summed E-state index contributed by atoms with van der Waals surface area (Å²) in [4.78, 5) is 5.71. The molecular weight excluding hydrogens is 600 g/mol. The fourth-order valence-electron chi connectivity index (χ4n) is 4.23. The molecule has 0 aliphatic rings. The molecule has 0 amide bonds. The number of hydrogen-bond donors (Lipinski definition) is 2. The third-order valence-corrected chi connectivity index (χ3v) is 15.7. The molecule has 0 fully saturated rings. The molecular formula is C33H43ClN2O3S2Si. The van der Waals surface area contributed by atoms with E-state index >= 15 is 0 Å². The van der Waals surface area contributed by atoms with Gasteiger partial charge in [0, 0.05) is 37.7 Å². The number of pyridine rings is 1. The van der Waals surface area contributed by atoms with E-state index in [4.69, 9.17) is 21.0 Å². The van der Waals surface area contributed by atoms with E-state index in [1.807, 2.05) is 63.2 Å². The molecule has 2 N–H and O–H groups in total. The molecule has 4 aromatic rings. The van der Waals surface area contributed by atoms with Gasteiger partial charge in [0.05, 0.1) is 12.3 Å². The van der Waals surface area contributed by atoms with Crippen LogP contribution in [0.25, 0.3) is 21.3 Å². The van der Waals surface area contributed by atoms with Crippen molar-refractivity contribution in [2.75, 3.05) is 6.61 Å². The van der Waals surface area contributed by atoms with Gasteiger partial charge in [0.1, 0.15) is 16.4 Å². The smallest absolute Gasteiger partial charge is 0.192 e. The predicted octanol–water partition coefficient (Wildman–Crippen LogP) is 8.99. The summed E-state index contributed by atoms with van der Waals surface area (Å²) in [5, 5.41) is 13.2. The van der Waals surface area contributed by atoms with Crippen LogP contribution in [0.4, 0.5) is 0 Å². The van der Waals surface area contributed by atoms with Gasteiger partial charge in [0.2, 0.25) is 0 Å². The lowest BCUT2D eigenvalue weighted by atomic mass is 9.96. The molecule has 0 aliphatic heterocycles. The van der Waals surface area contributed by atoms with E-state index in [0.717, 1.165) is 37.3 Å². The second-order valence-electron chi connectivity index (χ2n) is 13.6. The highest BCUT2D eigenvalue weighted by atomic mass is 35.5. The number of halogens is 1. The Labute approximate surface area is 264 Å². The first kappa shape index (κ1) is 33.1. The van der Waals surface area contributed by atoms with Crippen LogP contribution in [0, 0.1) is 0 Å². The summed E-state index contributed by atoms with van der Waals surface area (Å²) in [6.45, 7) is 18.8. The van der Waals surface area contributed by atoms with Crippen LogP contribution in [0.1, 0.15) is 70.5 Å². The van der Waals surface area contributed by atoms with Crippen LogP contribution in [0.5, 0.6) is 0 Å². The molecule has 2 aromatic heterocycles. The number of aromatic nitrogens is 1. The zero-order valence-corrected chi connectivity index (χ0v) is 29.4. The summed E-state index contributed by atoms with van der Waals surface area (Å²) in [7, 11) is -2.04. The second kappa shape index (κ2) is 12.3. The number of nitrogens with zero attached hydrogens (tertiary/aromatic N) is 1. The third-order valence-electron chi connectivity index (χ3n) is 8.02. The highest BCUT2D eigenvalue weighted by Crippen LogP contribution is 2.41. The van der Waals surface area contributed by atoms with Crippen molar-refractivity contribution in [1.82, 2.24) is 9.71 Å². The van der Waals surface area contributed by atoms with Gasteiger partial charge >= 0.3 is 0 Å². The SMILES string of the molecule is CC(O)(CO[Si](C)(C)C(C)(C)C)c1ccnc(-c2cccc3cc([C@H](N[S+]([O-])C(C)(C)C)c4ccccc4Cl)sc23)c1. The molecule has 0 bridgehead atoms. The van der Waals surface area contributed by atoms with Crippen LogP contribution < -0.4 is 4.72 Å². The van der Waals surface area contributed by atoms with Gasteiger partial charge in [0.15, 0.2) is 8.32 Å². The number of nitrogens with one attached hydrogen (secondary N) is 1. The number of aliphatic hydroxyl groups is 1. The maximum Gasteiger partial charge on any atom is 0.192 e. The molecule has 42 heavy (non-hydrogen) atoms. The Morgan fingerprint density at radius 3 is 2.36 bits per heavy atom. The summed E-state index contributed by atoms with van der Waals surface area (Å²) in [5.41, 5.74) is 2.22. The first-order valence-electron chi connectivity index (χ1n) is 14.2. The quantitative estimate of drug-likeness (QED) is 0.141. The Morgan fingerprint density at radius 1 is 1.02 bits per heavy atom. The topological polar surface area (TPSA) is 77.4 Å². The minimum Gasteiger partial charge on any atom is -0.598 e. The maximum atomic E-state index is 13.3. The van der Waals surface area contributed by atoms with Crippen LogP contribution in [0.15, 0.2) is 66.9 Å². The van der Waals surface area contributed by atoms with E-state index in [1.54, 1.807) is 24.5 Å². The highest BCUT2D eigenvalue weighted by molar-refractivity contribution is 7.90. The summed E-state index contributed by atoms with van der Waals surface area (Å²) < 4.78 is 23.6. The lowest BCUT2D eigenvalue weighted by molar-refractivity contribution is 0.00258. The monoisotopic (exact) mass is 642 g/mol. The van der Waals surface area contributed by atoms with E-state index in [2.05, 4.69) is 56.8 Å². The fraction of sp³-hybridized carbons (Fsp3) is 0.424. The zero-order valence-electron chi connectivity index (χ0n) is 26.0. The van der Waals surface area contributed by atoms with E-state index in [0.29, 0.717) is 5.02 Å². The van der Waals surface area contributed by atoms with Crippen LogP contribution in [-0.2, 0) is 21.4 Å². The van der Waals surface area contributed by atoms with Crippen LogP contribution in [-0.4, -0.2) is 34.3 Å². The van der Waals surface area contributed by atoms with Gasteiger partial charge in [-0.05, 0) is 86.6 Å². The van der Waals surface area contributed by atoms with Gasteiger partial charge in [-0.15, -0.1) is 16.1 Å². The molecule has 2 heterocycles. The van der Waals surface area contributed by atoms with Crippen molar-refractivity contribution in [3.8, 4) is 11.3 Å². The Kier molecular flexibility index (Phi) is 9.73. The maximum absolute atomic E-state index is 13.3. The fourth-order valence-corrected chi connectivity index (χ4v) is 7.70. The molecule has 2 unspecified atom stereocenters. The minimum atomic E-state index is -2.04. The van der Waals surface area contributed by atoms with Gasteiger partial charge in [-0.25, -0.2) is 0 Å². The molecule has 0 spiro atoms. The van der Waals surface area contributed by atoms with E-state index < -0.39 is 30.0 Å². The Morgan fingerprint density at radius 2 is 1.71 bits per heavy atom. The van der Waals surface area contributed by atoms with Gasteiger partial charge in [-0.3, -0.25) is 4.98 Å². The zero-order chi connectivity index (χ0) is 31.1. The first-order chi connectivity index (χ1) is 19.4. The Bertz CT molecular complexity index is 1540. The van der Waals surface area contributed by atoms with Crippen molar-refractivity contribution in [1.29, 1.82) is 0 Å². The molecule has 226 valence electrons. The lowest BCUT2D eigenvalue weighted by Gasteiger charge is -2.38. The average molecular weight is 643 g/mol. The molecule has 5 nitrogen and oxygen atoms in total. The largest absolute Gasteiger partial charge is 0.598 e. The highest BCUT2D eigenvalue weighted by Gasteiger charge is 2.39. The number of thiophene rings is 1. The summed E-state index contributed by atoms with van der Waals surface area (Å²) >= 11 is 6.97. The van der Waals surface area contributed by atoms with Crippen molar-refractivity contribution >= 4 is 52.7 Å². The van der Waals surface area contributed by atoms with Gasteiger partial charge in [-0.1, -0.05) is 68.8 Å². The van der Waals surface area contributed by atoms with Crippen molar-refractivity contribution in [2.24, 2.45) is 0 Å². The number of hydrogen-bond acceptors (Lipinski definition) is 6. The van der Waals surface area contributed by atoms with E-state index in [9.17, 15) is 9.66 Å². The Hall–Kier alpha value is -1.75. The summed E-state index contributed by atoms with van der Waals surface area (Å²) in [6, 6.07) is 19.4. The van der Waals surface area contributed by atoms with Crippen molar-refractivity contribution < 1.29 is 14.1 Å². The van der Waals surface area contributed by atoms with Crippen molar-refractivity contribution in [3.63, 3.8) is 0 Å². The lowest BCUT2D eigenvalue weighted by Crippen LogP contribution is -2.44. The number of fused-ring (bicyclic) bond motifs is 1. The first-order valence-corrected chi connectivity index (χ1v) is 19.4. The molecule has 0 aliphatic carbocycles. The summed E-state index contributed by atoms with van der Waals surface area (Å²) in [6.07, 6.45) is 1.75. The van der Waals surface area contributed by atoms with Crippen LogP contribution in [0.3, 0.4) is 0 Å². The molecule has 2 aromatic carbocycles. The second-order valence-corrected chi connectivity index (χ2v) is 21.9. The van der Waals surface area contributed by atoms with Gasteiger partial charge in [-0.2, -0.15) is 0 Å². The average Bonchev–Trinajstić information content (AvgIpc) is 3.34. The van der Waals surface area contributed by atoms with Crippen LogP contribution in [0.2, 0.25) is 23.2 Å². The number of benzene rings is 2.